The van der Waals surface area contributed by atoms with E-state index < -0.39 is 9.84 Å². The molecule has 4 aromatic rings. The van der Waals surface area contributed by atoms with Crippen LogP contribution in [-0.2, 0) is 16.4 Å². The quantitative estimate of drug-likeness (QED) is 0.396. The fourth-order valence-electron chi connectivity index (χ4n) is 3.99. The Morgan fingerprint density at radius 3 is 2.18 bits per heavy atom. The summed E-state index contributed by atoms with van der Waals surface area (Å²) in [5.41, 5.74) is 5.21. The molecule has 3 heterocycles. The smallest absolute Gasteiger partial charge is 0.192 e. The molecule has 7 heteroatoms. The van der Waals surface area contributed by atoms with Crippen molar-refractivity contribution in [1.82, 2.24) is 14.9 Å². The molecular formula is C27H25N3O3S. The van der Waals surface area contributed by atoms with E-state index in [-0.39, 0.29) is 11.1 Å². The van der Waals surface area contributed by atoms with Gasteiger partial charge in [0.1, 0.15) is 11.9 Å². The van der Waals surface area contributed by atoms with Crippen LogP contribution in [0.3, 0.4) is 0 Å². The first-order valence-electron chi connectivity index (χ1n) is 11.1. The number of benzene rings is 2. The van der Waals surface area contributed by atoms with Crippen LogP contribution in [0, 0.1) is 0 Å². The van der Waals surface area contributed by atoms with E-state index in [1.54, 1.807) is 12.3 Å². The maximum atomic E-state index is 11.6. The van der Waals surface area contributed by atoms with E-state index in [1.165, 1.54) is 11.6 Å². The van der Waals surface area contributed by atoms with Crippen LogP contribution >= 0.6 is 0 Å². The highest BCUT2D eigenvalue weighted by molar-refractivity contribution is 7.90. The lowest BCUT2D eigenvalue weighted by Gasteiger charge is -2.39. The standard InChI is InChI=1S/C27H25N3O3S/c1-34(31,32)27-14-11-23(16-29-27)21-9-12-24(13-10-21)33-25-18-30(19-25)17-20-5-7-22(8-6-20)26-4-2-3-15-28-26/h2-16,25H,17-19H2,1H3. The van der Waals surface area contributed by atoms with Crippen molar-refractivity contribution in [3.05, 3.63) is 96.8 Å². The fourth-order valence-corrected chi connectivity index (χ4v) is 4.55. The van der Waals surface area contributed by atoms with Crippen molar-refractivity contribution in [3.8, 4) is 28.1 Å². The second-order valence-corrected chi connectivity index (χ2v) is 10.5. The minimum Gasteiger partial charge on any atom is -0.488 e. The zero-order chi connectivity index (χ0) is 23.5. The predicted octanol–water partition coefficient (Wildman–Crippen LogP) is 4.48. The van der Waals surface area contributed by atoms with Gasteiger partial charge in [-0.25, -0.2) is 13.4 Å². The Kier molecular flexibility index (Phi) is 6.13. The van der Waals surface area contributed by atoms with Crippen molar-refractivity contribution in [2.75, 3.05) is 19.3 Å². The summed E-state index contributed by atoms with van der Waals surface area (Å²) < 4.78 is 29.2. The maximum absolute atomic E-state index is 11.6. The van der Waals surface area contributed by atoms with Gasteiger partial charge in [0.25, 0.3) is 0 Å². The van der Waals surface area contributed by atoms with Crippen molar-refractivity contribution in [2.45, 2.75) is 17.7 Å². The number of rotatable bonds is 7. The second-order valence-electron chi connectivity index (χ2n) is 8.53. The molecule has 0 N–H and O–H groups in total. The van der Waals surface area contributed by atoms with Crippen molar-refractivity contribution in [1.29, 1.82) is 0 Å². The van der Waals surface area contributed by atoms with Crippen molar-refractivity contribution >= 4 is 9.84 Å². The van der Waals surface area contributed by atoms with E-state index in [2.05, 4.69) is 39.1 Å². The number of hydrogen-bond donors (Lipinski definition) is 0. The van der Waals surface area contributed by atoms with Crippen LogP contribution in [-0.4, -0.2) is 48.7 Å². The van der Waals surface area contributed by atoms with Gasteiger partial charge in [0.05, 0.1) is 5.69 Å². The molecule has 0 amide bonds. The molecule has 34 heavy (non-hydrogen) atoms. The van der Waals surface area contributed by atoms with Crippen molar-refractivity contribution in [3.63, 3.8) is 0 Å². The monoisotopic (exact) mass is 471 g/mol. The summed E-state index contributed by atoms with van der Waals surface area (Å²) in [5, 5.41) is 0.0786. The number of sulfone groups is 1. The van der Waals surface area contributed by atoms with Gasteiger partial charge in [-0.2, -0.15) is 0 Å². The number of pyridine rings is 2. The van der Waals surface area contributed by atoms with Gasteiger partial charge >= 0.3 is 0 Å². The first-order valence-corrected chi connectivity index (χ1v) is 13.0. The van der Waals surface area contributed by atoms with Gasteiger partial charge in [0.2, 0.25) is 0 Å². The molecule has 1 aliphatic rings. The highest BCUT2D eigenvalue weighted by Crippen LogP contribution is 2.25. The molecule has 0 saturated carbocycles. The lowest BCUT2D eigenvalue weighted by atomic mass is 10.1. The normalized spacial score (nSPS) is 14.5. The molecule has 1 saturated heterocycles. The number of aromatic nitrogens is 2. The first kappa shape index (κ1) is 22.3. The van der Waals surface area contributed by atoms with Gasteiger partial charge in [0.15, 0.2) is 14.9 Å². The molecule has 6 nitrogen and oxygen atoms in total. The van der Waals surface area contributed by atoms with E-state index in [1.807, 2.05) is 48.7 Å². The fraction of sp³-hybridized carbons (Fsp3) is 0.185. The zero-order valence-corrected chi connectivity index (χ0v) is 19.7. The molecule has 0 bridgehead atoms. The molecule has 0 spiro atoms. The molecule has 172 valence electrons. The summed E-state index contributed by atoms with van der Waals surface area (Å²) in [4.78, 5) is 10.8. The van der Waals surface area contributed by atoms with Gasteiger partial charge in [-0.05, 0) is 47.5 Å². The van der Waals surface area contributed by atoms with Gasteiger partial charge in [0, 0.05) is 49.4 Å². The molecule has 0 radical (unpaired) electrons. The molecule has 1 aliphatic heterocycles. The first-order chi connectivity index (χ1) is 16.4. The van der Waals surface area contributed by atoms with Crippen LogP contribution in [0.15, 0.2) is 96.3 Å². The Bertz CT molecular complexity index is 1350. The van der Waals surface area contributed by atoms with Gasteiger partial charge < -0.3 is 4.74 Å². The van der Waals surface area contributed by atoms with Gasteiger partial charge in [-0.15, -0.1) is 0 Å². The van der Waals surface area contributed by atoms with E-state index in [4.69, 9.17) is 4.74 Å². The molecule has 0 unspecified atom stereocenters. The van der Waals surface area contributed by atoms with E-state index in [0.29, 0.717) is 0 Å². The van der Waals surface area contributed by atoms with E-state index in [9.17, 15) is 8.42 Å². The van der Waals surface area contributed by atoms with Crippen LogP contribution in [0.4, 0.5) is 0 Å². The molecule has 0 atom stereocenters. The molecule has 1 fully saturated rings. The van der Waals surface area contributed by atoms with Crippen molar-refractivity contribution < 1.29 is 13.2 Å². The molecule has 0 aliphatic carbocycles. The Hall–Kier alpha value is -3.55. The van der Waals surface area contributed by atoms with Gasteiger partial charge in [-0.1, -0.05) is 42.5 Å². The van der Waals surface area contributed by atoms with Crippen LogP contribution in [0.5, 0.6) is 5.75 Å². The van der Waals surface area contributed by atoms with E-state index >= 15 is 0 Å². The highest BCUT2D eigenvalue weighted by atomic mass is 32.2. The summed E-state index contributed by atoms with van der Waals surface area (Å²) in [6.07, 6.45) is 4.72. The Labute approximate surface area is 199 Å². The average molecular weight is 472 g/mol. The lowest BCUT2D eigenvalue weighted by molar-refractivity contribution is 0.0146. The Balaban J connectivity index is 1.12. The lowest BCUT2D eigenvalue weighted by Crippen LogP contribution is -2.53. The third kappa shape index (κ3) is 5.16. The Morgan fingerprint density at radius 2 is 1.56 bits per heavy atom. The summed E-state index contributed by atoms with van der Waals surface area (Å²) in [6.45, 7) is 2.68. The summed E-state index contributed by atoms with van der Waals surface area (Å²) >= 11 is 0. The number of hydrogen-bond acceptors (Lipinski definition) is 6. The maximum Gasteiger partial charge on any atom is 0.192 e. The van der Waals surface area contributed by atoms with Gasteiger partial charge in [-0.3, -0.25) is 9.88 Å². The molecule has 2 aromatic carbocycles. The summed E-state index contributed by atoms with van der Waals surface area (Å²) in [6, 6.07) is 25.6. The topological polar surface area (TPSA) is 72.4 Å². The minimum absolute atomic E-state index is 0.0786. The molecule has 5 rings (SSSR count). The van der Waals surface area contributed by atoms with Crippen molar-refractivity contribution in [2.24, 2.45) is 0 Å². The third-order valence-electron chi connectivity index (χ3n) is 5.85. The van der Waals surface area contributed by atoms with Crippen LogP contribution in [0.25, 0.3) is 22.4 Å². The highest BCUT2D eigenvalue weighted by Gasteiger charge is 2.28. The Morgan fingerprint density at radius 1 is 0.853 bits per heavy atom. The summed E-state index contributed by atoms with van der Waals surface area (Å²) in [7, 11) is -3.29. The predicted molar refractivity (Wildman–Crippen MR) is 132 cm³/mol. The van der Waals surface area contributed by atoms with Crippen LogP contribution in [0.1, 0.15) is 5.56 Å². The number of likely N-dealkylation sites (tertiary alicyclic amines) is 1. The number of nitrogens with zero attached hydrogens (tertiary/aromatic N) is 3. The average Bonchev–Trinajstić information content (AvgIpc) is 2.84. The van der Waals surface area contributed by atoms with E-state index in [0.717, 1.165) is 54.0 Å². The minimum atomic E-state index is -3.29. The summed E-state index contributed by atoms with van der Waals surface area (Å²) in [5.74, 6) is 0.828. The van der Waals surface area contributed by atoms with Crippen LogP contribution < -0.4 is 4.74 Å². The molecule has 2 aromatic heterocycles. The van der Waals surface area contributed by atoms with Crippen LogP contribution in [0.2, 0.25) is 0 Å². The SMILES string of the molecule is CS(=O)(=O)c1ccc(-c2ccc(OC3CN(Cc4ccc(-c5ccccn5)cc4)C3)cc2)cn1. The molecular weight excluding hydrogens is 446 g/mol. The third-order valence-corrected chi connectivity index (χ3v) is 6.85. The zero-order valence-electron chi connectivity index (χ0n) is 18.8. The number of ether oxygens (including phenoxy) is 1. The largest absolute Gasteiger partial charge is 0.488 e. The second kappa shape index (κ2) is 9.37.